The third-order valence-corrected chi connectivity index (χ3v) is 6.88. The molecule has 0 spiro atoms. The zero-order chi connectivity index (χ0) is 21.2. The quantitative estimate of drug-likeness (QED) is 0.781. The zero-order valence-corrected chi connectivity index (χ0v) is 17.8. The zero-order valence-electron chi connectivity index (χ0n) is 16.2. The van der Waals surface area contributed by atoms with E-state index in [1.165, 1.54) is 32.3 Å². The minimum atomic E-state index is -3.69. The Hall–Kier alpha value is -2.42. The minimum absolute atomic E-state index is 0.0231. The lowest BCUT2D eigenvalue weighted by atomic mass is 10.1. The highest BCUT2D eigenvalue weighted by atomic mass is 35.5. The van der Waals surface area contributed by atoms with Gasteiger partial charge in [0.15, 0.2) is 0 Å². The Morgan fingerprint density at radius 1 is 1.03 bits per heavy atom. The molecule has 0 aliphatic carbocycles. The number of halogens is 1. The van der Waals surface area contributed by atoms with Gasteiger partial charge in [-0.25, -0.2) is 12.7 Å². The highest BCUT2D eigenvalue weighted by Gasteiger charge is 2.22. The van der Waals surface area contributed by atoms with E-state index in [0.29, 0.717) is 11.3 Å². The molecule has 154 valence electrons. The predicted molar refractivity (Wildman–Crippen MR) is 112 cm³/mol. The topological polar surface area (TPSA) is 86.8 Å². The first kappa shape index (κ1) is 21.3. The minimum Gasteiger partial charge on any atom is -0.339 e. The van der Waals surface area contributed by atoms with Gasteiger partial charge in [0.1, 0.15) is 0 Å². The second kappa shape index (κ2) is 8.52. The van der Waals surface area contributed by atoms with Crippen LogP contribution in [0.3, 0.4) is 0 Å². The van der Waals surface area contributed by atoms with Crippen LogP contribution in [0.1, 0.15) is 33.6 Å². The number of carbonyl (C=O) groups excluding carboxylic acids is 2. The van der Waals surface area contributed by atoms with Crippen LogP contribution in [0.25, 0.3) is 0 Å². The number of amides is 2. The average Bonchev–Trinajstić information content (AvgIpc) is 3.22. The number of anilines is 1. The molecule has 1 saturated heterocycles. The first-order valence-electron chi connectivity index (χ1n) is 9.13. The highest BCUT2D eigenvalue weighted by Crippen LogP contribution is 2.23. The molecule has 3 rings (SSSR count). The van der Waals surface area contributed by atoms with E-state index in [2.05, 4.69) is 5.32 Å². The van der Waals surface area contributed by atoms with Gasteiger partial charge in [0.05, 0.1) is 15.5 Å². The summed E-state index contributed by atoms with van der Waals surface area (Å²) in [6.07, 6.45) is 2.03. The Bertz CT molecular complexity index is 1030. The fraction of sp³-hybridized carbons (Fsp3) is 0.300. The van der Waals surface area contributed by atoms with Gasteiger partial charge in [-0.2, -0.15) is 0 Å². The molecule has 0 saturated carbocycles. The molecular weight excluding hydrogens is 414 g/mol. The number of likely N-dealkylation sites (tertiary alicyclic amines) is 1. The van der Waals surface area contributed by atoms with E-state index in [1.54, 1.807) is 24.3 Å². The van der Waals surface area contributed by atoms with Crippen molar-refractivity contribution < 1.29 is 18.0 Å². The number of hydrogen-bond donors (Lipinski definition) is 1. The molecule has 1 aliphatic heterocycles. The van der Waals surface area contributed by atoms with Gasteiger partial charge < -0.3 is 10.2 Å². The normalized spacial score (nSPS) is 14.3. The summed E-state index contributed by atoms with van der Waals surface area (Å²) in [6, 6.07) is 10.6. The molecule has 1 heterocycles. The molecule has 0 atom stereocenters. The van der Waals surface area contributed by atoms with E-state index in [0.717, 1.165) is 30.2 Å². The Kier molecular flexibility index (Phi) is 6.26. The van der Waals surface area contributed by atoms with Crippen LogP contribution in [0.4, 0.5) is 5.69 Å². The second-order valence-corrected chi connectivity index (χ2v) is 9.52. The van der Waals surface area contributed by atoms with Crippen molar-refractivity contribution in [1.82, 2.24) is 9.21 Å². The summed E-state index contributed by atoms with van der Waals surface area (Å²) in [5, 5.41) is 2.83. The van der Waals surface area contributed by atoms with E-state index in [4.69, 9.17) is 11.6 Å². The Morgan fingerprint density at radius 2 is 1.66 bits per heavy atom. The van der Waals surface area contributed by atoms with Crippen LogP contribution < -0.4 is 5.32 Å². The van der Waals surface area contributed by atoms with E-state index in [9.17, 15) is 18.0 Å². The molecule has 1 fully saturated rings. The third-order valence-electron chi connectivity index (χ3n) is 4.74. The van der Waals surface area contributed by atoms with Gasteiger partial charge in [0, 0.05) is 38.4 Å². The maximum atomic E-state index is 12.6. The van der Waals surface area contributed by atoms with E-state index in [-0.39, 0.29) is 21.4 Å². The number of hydrogen-bond acceptors (Lipinski definition) is 4. The van der Waals surface area contributed by atoms with E-state index < -0.39 is 15.9 Å². The lowest BCUT2D eigenvalue weighted by Gasteiger charge is -2.15. The summed E-state index contributed by atoms with van der Waals surface area (Å²) in [5.41, 5.74) is 1.08. The highest BCUT2D eigenvalue weighted by molar-refractivity contribution is 7.89. The van der Waals surface area contributed by atoms with Gasteiger partial charge in [0.2, 0.25) is 10.0 Å². The first-order chi connectivity index (χ1) is 13.7. The third kappa shape index (κ3) is 4.60. The van der Waals surface area contributed by atoms with Crippen molar-refractivity contribution in [1.29, 1.82) is 0 Å². The molecule has 1 aliphatic rings. The van der Waals surface area contributed by atoms with Crippen LogP contribution in [0, 0.1) is 0 Å². The molecule has 1 N–H and O–H groups in total. The molecule has 2 aromatic carbocycles. The summed E-state index contributed by atoms with van der Waals surface area (Å²) in [7, 11) is -0.871. The van der Waals surface area contributed by atoms with E-state index in [1.807, 2.05) is 4.90 Å². The molecule has 0 bridgehead atoms. The Balaban J connectivity index is 1.77. The summed E-state index contributed by atoms with van der Waals surface area (Å²) >= 11 is 6.11. The van der Waals surface area contributed by atoms with Crippen molar-refractivity contribution in [3.63, 3.8) is 0 Å². The summed E-state index contributed by atoms with van der Waals surface area (Å²) in [5.74, 6) is -0.561. The van der Waals surface area contributed by atoms with Crippen LogP contribution in [0.2, 0.25) is 5.02 Å². The number of rotatable bonds is 5. The lowest BCUT2D eigenvalue weighted by molar-refractivity contribution is 0.0792. The fourth-order valence-electron chi connectivity index (χ4n) is 3.05. The lowest BCUT2D eigenvalue weighted by Crippen LogP contribution is -2.27. The molecule has 2 amide bonds. The van der Waals surface area contributed by atoms with Crippen LogP contribution in [0.5, 0.6) is 0 Å². The summed E-state index contributed by atoms with van der Waals surface area (Å²) in [6.45, 7) is 1.53. The maximum Gasteiger partial charge on any atom is 0.257 e. The predicted octanol–water partition coefficient (Wildman–Crippen LogP) is 3.08. The molecule has 29 heavy (non-hydrogen) atoms. The molecular formula is C20H22ClN3O4S. The van der Waals surface area contributed by atoms with Gasteiger partial charge in [-0.3, -0.25) is 9.59 Å². The van der Waals surface area contributed by atoms with E-state index >= 15 is 0 Å². The van der Waals surface area contributed by atoms with Crippen LogP contribution in [0.15, 0.2) is 47.4 Å². The number of sulfonamides is 1. The molecule has 0 unspecified atom stereocenters. The van der Waals surface area contributed by atoms with Crippen LogP contribution >= 0.6 is 11.6 Å². The summed E-state index contributed by atoms with van der Waals surface area (Å²) < 4.78 is 25.7. The van der Waals surface area contributed by atoms with Crippen molar-refractivity contribution in [2.75, 3.05) is 32.5 Å². The fourth-order valence-corrected chi connectivity index (χ4v) is 4.18. The van der Waals surface area contributed by atoms with Crippen molar-refractivity contribution in [2.24, 2.45) is 0 Å². The molecule has 9 heteroatoms. The van der Waals surface area contributed by atoms with Crippen molar-refractivity contribution >= 4 is 39.1 Å². The van der Waals surface area contributed by atoms with Gasteiger partial charge in [-0.05, 0) is 55.3 Å². The second-order valence-electron chi connectivity index (χ2n) is 6.96. The average molecular weight is 436 g/mol. The largest absolute Gasteiger partial charge is 0.339 e. The van der Waals surface area contributed by atoms with Gasteiger partial charge >= 0.3 is 0 Å². The van der Waals surface area contributed by atoms with Gasteiger partial charge in [-0.1, -0.05) is 11.6 Å². The number of carbonyl (C=O) groups is 2. The molecule has 0 aromatic heterocycles. The van der Waals surface area contributed by atoms with Crippen molar-refractivity contribution in [2.45, 2.75) is 17.7 Å². The number of nitrogens with one attached hydrogen (secondary N) is 1. The smallest absolute Gasteiger partial charge is 0.257 e. The first-order valence-corrected chi connectivity index (χ1v) is 10.9. The van der Waals surface area contributed by atoms with Crippen LogP contribution in [-0.2, 0) is 10.0 Å². The molecule has 2 aromatic rings. The van der Waals surface area contributed by atoms with Gasteiger partial charge in [-0.15, -0.1) is 0 Å². The number of benzene rings is 2. The van der Waals surface area contributed by atoms with Gasteiger partial charge in [0.25, 0.3) is 11.8 Å². The SMILES string of the molecule is CN(C)S(=O)(=O)c1ccc(Cl)c(C(=O)Nc2ccc(C(=O)N3CCCC3)cc2)c1. The monoisotopic (exact) mass is 435 g/mol. The van der Waals surface area contributed by atoms with Crippen molar-refractivity contribution in [3.8, 4) is 0 Å². The Morgan fingerprint density at radius 3 is 2.24 bits per heavy atom. The maximum absolute atomic E-state index is 12.6. The molecule has 7 nitrogen and oxygen atoms in total. The summed E-state index contributed by atoms with van der Waals surface area (Å²) in [4.78, 5) is 26.8. The Labute approximate surface area is 175 Å². The molecule has 0 radical (unpaired) electrons. The standard InChI is InChI=1S/C20H22ClN3O4S/c1-23(2)29(27,28)16-9-10-18(21)17(13-16)19(25)22-15-7-5-14(6-8-15)20(26)24-11-3-4-12-24/h5-10,13H,3-4,11-12H2,1-2H3,(H,22,25). The van der Waals surface area contributed by atoms with Crippen molar-refractivity contribution in [3.05, 3.63) is 58.6 Å². The number of nitrogens with zero attached hydrogens (tertiary/aromatic N) is 2. The van der Waals surface area contributed by atoms with Crippen LogP contribution in [-0.4, -0.2) is 56.6 Å².